The van der Waals surface area contributed by atoms with E-state index in [1.165, 1.54) is 7.11 Å². The number of aromatic nitrogens is 2. The summed E-state index contributed by atoms with van der Waals surface area (Å²) in [5.41, 5.74) is 15.2. The van der Waals surface area contributed by atoms with Gasteiger partial charge in [-0.1, -0.05) is 66.2 Å². The number of aliphatic carboxylic acids is 2. The van der Waals surface area contributed by atoms with Crippen LogP contribution in [0.5, 0.6) is 0 Å². The highest BCUT2D eigenvalue weighted by atomic mass is 16.7. The summed E-state index contributed by atoms with van der Waals surface area (Å²) in [7, 11) is 1.23. The van der Waals surface area contributed by atoms with Crippen molar-refractivity contribution in [3.63, 3.8) is 0 Å². The number of hydroxylamine groups is 2. The number of carbonyl (C=O) groups excluding carboxylic acids is 3. The van der Waals surface area contributed by atoms with E-state index in [4.69, 9.17) is 46.3 Å². The van der Waals surface area contributed by atoms with Crippen molar-refractivity contribution in [2.75, 3.05) is 39.8 Å². The van der Waals surface area contributed by atoms with Gasteiger partial charge >= 0.3 is 23.6 Å². The lowest BCUT2D eigenvalue weighted by molar-refractivity contribution is -0.231. The minimum atomic E-state index is -1.93. The molecule has 0 aromatic carbocycles. The number of carbonyl (C=O) groups is 5. The smallest absolute Gasteiger partial charge is 0.330 e. The fraction of sp³-hybridized carbons (Fsp3) is 0.776. The maximum absolute atomic E-state index is 14.5. The first-order valence-electron chi connectivity index (χ1n) is 27.1. The number of nitrogens with two attached hydrogens (primary N) is 3. The Bertz CT molecular complexity index is 2330. The molecule has 3 aliphatic rings. The molecule has 0 bridgehead atoms. The van der Waals surface area contributed by atoms with E-state index >= 15 is 0 Å². The second kappa shape index (κ2) is 32.5. The molecule has 2 amide bonds. The number of methoxy groups -OCH3 is 1. The summed E-state index contributed by atoms with van der Waals surface area (Å²) in [5.74, 6) is -6.57. The van der Waals surface area contributed by atoms with Gasteiger partial charge in [-0.3, -0.25) is 59.2 Å². The van der Waals surface area contributed by atoms with Crippen molar-refractivity contribution >= 4 is 41.6 Å². The normalized spacial score (nSPS) is 25.1. The van der Waals surface area contributed by atoms with Gasteiger partial charge in [0.1, 0.15) is 73.0 Å². The Balaban J connectivity index is 1.53. The van der Waals surface area contributed by atoms with E-state index in [2.05, 4.69) is 31.6 Å². The Kier molecular flexibility index (Phi) is 27.1. The highest BCUT2D eigenvalue weighted by Crippen LogP contribution is 2.35. The first kappa shape index (κ1) is 66.6. The summed E-state index contributed by atoms with van der Waals surface area (Å²) in [6, 6.07) is -5.76. The first-order chi connectivity index (χ1) is 37.9. The van der Waals surface area contributed by atoms with E-state index in [1.807, 2.05) is 4.98 Å². The molecule has 0 aliphatic carbocycles. The molecule has 1 aromatic rings. The van der Waals surface area contributed by atoms with Crippen molar-refractivity contribution in [1.29, 1.82) is 5.41 Å². The number of unbranched alkanes of at least 4 members (excludes halogenated alkanes) is 7. The minimum absolute atomic E-state index is 0.00512. The summed E-state index contributed by atoms with van der Waals surface area (Å²) in [5, 5.41) is 85.7. The summed E-state index contributed by atoms with van der Waals surface area (Å²) >= 11 is 0. The quantitative estimate of drug-likeness (QED) is 0.0101. The number of guanidine groups is 2. The number of nitrogens with one attached hydrogen (secondary N) is 7. The van der Waals surface area contributed by atoms with Crippen LogP contribution in [0.1, 0.15) is 105 Å². The number of aliphatic imine (C=N–C) groups is 1. The Morgan fingerprint density at radius 1 is 0.887 bits per heavy atom. The predicted molar refractivity (Wildman–Crippen MR) is 284 cm³/mol. The molecule has 0 saturated carbocycles. The molecule has 31 nitrogen and oxygen atoms in total. The summed E-state index contributed by atoms with van der Waals surface area (Å²) in [6.45, 7) is 6.52. The number of aliphatic hydroxyl groups excluding tert-OH is 3. The molecule has 4 rings (SSSR count). The fourth-order valence-electron chi connectivity index (χ4n) is 9.63. The van der Waals surface area contributed by atoms with Gasteiger partial charge < -0.3 is 87.7 Å². The molecule has 2 fully saturated rings. The van der Waals surface area contributed by atoms with Crippen molar-refractivity contribution in [3.05, 3.63) is 33.1 Å². The Hall–Kier alpha value is -5.87. The molecule has 0 unspecified atom stereocenters. The zero-order chi connectivity index (χ0) is 59.4. The van der Waals surface area contributed by atoms with Crippen LogP contribution in [-0.2, 0) is 47.7 Å². The Morgan fingerprint density at radius 3 is 2.11 bits per heavy atom. The monoisotopic (exact) mass is 1140 g/mol. The Labute approximate surface area is 462 Å². The third-order valence-corrected chi connectivity index (χ3v) is 14.1. The number of aromatic amines is 1. The molecular weight excluding hydrogens is 1060 g/mol. The van der Waals surface area contributed by atoms with Gasteiger partial charge in [-0.05, 0) is 44.1 Å². The number of carboxylic acids is 2. The largest absolute Gasteiger partial charge is 0.480 e. The minimum Gasteiger partial charge on any atom is -0.480 e. The molecule has 19 N–H and O–H groups in total. The summed E-state index contributed by atoms with van der Waals surface area (Å²) < 4.78 is 30.0. The number of rotatable bonds is 35. The van der Waals surface area contributed by atoms with E-state index in [0.717, 1.165) is 48.9 Å². The number of hydrogen-bond acceptors (Lipinski definition) is 23. The number of H-pyrrole nitrogens is 1. The third-order valence-electron chi connectivity index (χ3n) is 14.1. The van der Waals surface area contributed by atoms with Crippen LogP contribution in [0.25, 0.3) is 0 Å². The van der Waals surface area contributed by atoms with Crippen molar-refractivity contribution in [2.24, 2.45) is 34.0 Å². The molecule has 31 heteroatoms. The topological polar surface area (TPSA) is 485 Å². The van der Waals surface area contributed by atoms with Gasteiger partial charge in [-0.15, -0.1) is 0 Å². The fourth-order valence-corrected chi connectivity index (χ4v) is 9.63. The SMILES string of the molecule is CO[C@H]1[C@H](O[C@H]([C@H]2O[C@@H](n3ccc(=O)[nH]c3=O)[C@H](O)[C@@H]2O)[C@H](NCCCNC(=O)[C@@H](NC(=O)[C@@H](N[C@H](C(=O)O)C(C)C)[C@@H]2CCN=C(N)N2)[C@@H](OC(=O)CCCCCCCCCCN(O)C(=N)N)C(C)C)C(=O)O)O[C@H](CN)[C@H]1O. The number of nitrogens with zero attached hydrogens (tertiary/aromatic N) is 3. The molecule has 0 radical (unpaired) electrons. The Morgan fingerprint density at radius 2 is 1.54 bits per heavy atom. The van der Waals surface area contributed by atoms with Gasteiger partial charge in [0.2, 0.25) is 17.8 Å². The van der Waals surface area contributed by atoms with Crippen LogP contribution in [0, 0.1) is 17.2 Å². The number of esters is 1. The van der Waals surface area contributed by atoms with Crippen LogP contribution >= 0.6 is 0 Å². The molecule has 4 heterocycles. The van der Waals surface area contributed by atoms with Crippen LogP contribution in [0.2, 0.25) is 0 Å². The molecule has 454 valence electrons. The van der Waals surface area contributed by atoms with Crippen LogP contribution in [0.3, 0.4) is 0 Å². The number of amides is 2. The predicted octanol–water partition coefficient (Wildman–Crippen LogP) is -3.96. The summed E-state index contributed by atoms with van der Waals surface area (Å²) in [6.07, 6.45) is -7.95. The maximum Gasteiger partial charge on any atom is 0.330 e. The molecule has 1 aromatic heterocycles. The number of ether oxygens (including phenoxy) is 5. The summed E-state index contributed by atoms with van der Waals surface area (Å²) in [4.78, 5) is 98.7. The van der Waals surface area contributed by atoms with Crippen LogP contribution < -0.4 is 55.0 Å². The average molecular weight is 1140 g/mol. The molecular formula is C49H85N13O18. The van der Waals surface area contributed by atoms with Gasteiger partial charge in [-0.25, -0.2) is 9.86 Å². The van der Waals surface area contributed by atoms with E-state index < -0.39 is 150 Å². The van der Waals surface area contributed by atoms with E-state index in [-0.39, 0.29) is 57.9 Å². The number of hydrogen-bond donors (Lipinski definition) is 16. The van der Waals surface area contributed by atoms with Crippen molar-refractivity contribution < 1.29 is 78.4 Å². The molecule has 80 heavy (non-hydrogen) atoms. The van der Waals surface area contributed by atoms with Gasteiger partial charge in [0.15, 0.2) is 18.5 Å². The van der Waals surface area contributed by atoms with Crippen LogP contribution in [0.15, 0.2) is 26.8 Å². The van der Waals surface area contributed by atoms with E-state index in [1.54, 1.807) is 27.7 Å². The van der Waals surface area contributed by atoms with Gasteiger partial charge in [-0.2, -0.15) is 0 Å². The zero-order valence-corrected chi connectivity index (χ0v) is 45.9. The second-order valence-electron chi connectivity index (χ2n) is 20.8. The molecule has 15 atom stereocenters. The van der Waals surface area contributed by atoms with Gasteiger partial charge in [0, 0.05) is 52.0 Å². The van der Waals surface area contributed by atoms with E-state index in [0.29, 0.717) is 24.3 Å². The lowest BCUT2D eigenvalue weighted by Crippen LogP contribution is -2.66. The van der Waals surface area contributed by atoms with Crippen LogP contribution in [0.4, 0.5) is 0 Å². The molecule has 0 spiro atoms. The lowest BCUT2D eigenvalue weighted by Gasteiger charge is -2.35. The van der Waals surface area contributed by atoms with Crippen molar-refractivity contribution in [1.82, 2.24) is 41.2 Å². The number of aliphatic hydroxyl groups is 3. The number of carboxylic acid groups (broad SMARTS) is 2. The highest BCUT2D eigenvalue weighted by molar-refractivity contribution is 5.92. The third kappa shape index (κ3) is 19.1. The van der Waals surface area contributed by atoms with Gasteiger partial charge in [0.25, 0.3) is 5.56 Å². The van der Waals surface area contributed by atoms with Crippen molar-refractivity contribution in [3.8, 4) is 0 Å². The van der Waals surface area contributed by atoms with Gasteiger partial charge in [0.05, 0.1) is 6.04 Å². The van der Waals surface area contributed by atoms with Crippen molar-refractivity contribution in [2.45, 2.75) is 190 Å². The molecule has 3 aliphatic heterocycles. The second-order valence-corrected chi connectivity index (χ2v) is 20.8. The van der Waals surface area contributed by atoms with E-state index in [9.17, 15) is 64.3 Å². The molecule has 2 saturated heterocycles. The van der Waals surface area contributed by atoms with Crippen LogP contribution in [-0.4, -0.2) is 212 Å². The standard InChI is InChI=1S/C49H85N13O18/c1-24(2)30(44(70)71)59-31(26-16-20-56-48(53)57-26)42(69)60-32(37(25(3)4)78-29(64)15-12-10-8-6-7-9-11-13-21-62(75)47(51)52)41(68)55-19-14-18-54-33(45(72)73)38(80-46-40(76-5)34(65)27(23-50)77-46)39-35(66)36(67)43(79-39)61-22-17-28(63)58-49(61)74/h17,22,24-27,30-40,43,46,54,59,65-67,75H,6-16,18-21,23,50H2,1-5H3,(H3,51,52)(H,55,68)(H,60,69)(H,70,71)(H,72,73)(H3,53,56,57)(H,58,63,74)/t26-,27+,30-,31-,32-,33-,34+,35-,36+,37-,38-,39-,40+,43+,46-/m0/s1. The first-order valence-corrected chi connectivity index (χ1v) is 27.1. The zero-order valence-electron chi connectivity index (χ0n) is 45.9. The lowest BCUT2D eigenvalue weighted by atomic mass is 9.95. The highest BCUT2D eigenvalue weighted by Gasteiger charge is 2.54. The average Bonchev–Trinajstić information content (AvgIpc) is 3.92. The maximum atomic E-state index is 14.5.